The van der Waals surface area contributed by atoms with E-state index in [4.69, 9.17) is 0 Å². The summed E-state index contributed by atoms with van der Waals surface area (Å²) in [4.78, 5) is 13.3. The van der Waals surface area contributed by atoms with Gasteiger partial charge in [-0.3, -0.25) is 0 Å². The zero-order chi connectivity index (χ0) is 15.5. The predicted molar refractivity (Wildman–Crippen MR) is 79.9 cm³/mol. The van der Waals surface area contributed by atoms with E-state index >= 15 is 0 Å². The molecule has 0 bridgehead atoms. The van der Waals surface area contributed by atoms with Crippen molar-refractivity contribution in [2.45, 2.75) is 36.6 Å². The third-order valence-corrected chi connectivity index (χ3v) is 5.23. The van der Waals surface area contributed by atoms with Gasteiger partial charge >= 0.3 is 5.97 Å². The summed E-state index contributed by atoms with van der Waals surface area (Å²) in [5.41, 5.74) is 0.459. The Kier molecular flexibility index (Phi) is 4.84. The lowest BCUT2D eigenvalue weighted by molar-refractivity contribution is -0.138. The van der Waals surface area contributed by atoms with Gasteiger partial charge in [-0.1, -0.05) is 25.0 Å². The van der Waals surface area contributed by atoms with Crippen LogP contribution in [0, 0.1) is 0 Å². The molecule has 7 heteroatoms. The molecule has 1 aromatic carbocycles. The first-order valence-electron chi connectivity index (χ1n) is 6.99. The normalized spacial score (nSPS) is 20.0. The lowest BCUT2D eigenvalue weighted by Gasteiger charge is -2.30. The fourth-order valence-corrected chi connectivity index (χ4v) is 3.62. The van der Waals surface area contributed by atoms with E-state index in [-0.39, 0.29) is 4.90 Å². The van der Waals surface area contributed by atoms with Crippen molar-refractivity contribution in [3.63, 3.8) is 0 Å². The summed E-state index contributed by atoms with van der Waals surface area (Å²) in [5, 5.41) is 9.44. The van der Waals surface area contributed by atoms with Crippen molar-refractivity contribution in [3.05, 3.63) is 24.3 Å². The summed E-state index contributed by atoms with van der Waals surface area (Å²) in [6, 6.07) is 5.87. The van der Waals surface area contributed by atoms with Crippen LogP contribution in [0.3, 0.4) is 0 Å². The first-order chi connectivity index (χ1) is 9.97. The smallest absolute Gasteiger partial charge is 0.326 e. The molecule has 1 heterocycles. The lowest BCUT2D eigenvalue weighted by atomic mass is 10.1. The minimum Gasteiger partial charge on any atom is -0.480 e. The first kappa shape index (κ1) is 15.8. The minimum absolute atomic E-state index is 0.126. The van der Waals surface area contributed by atoms with Crippen molar-refractivity contribution in [2.75, 3.05) is 18.5 Å². The van der Waals surface area contributed by atoms with Crippen molar-refractivity contribution in [2.24, 2.45) is 0 Å². The molecular formula is C14H20N2O4S. The van der Waals surface area contributed by atoms with Crippen LogP contribution in [-0.4, -0.2) is 39.1 Å². The second-order valence-corrected chi connectivity index (χ2v) is 6.93. The molecule has 116 valence electrons. The van der Waals surface area contributed by atoms with Gasteiger partial charge in [-0.25, -0.2) is 17.9 Å². The van der Waals surface area contributed by atoms with Gasteiger partial charge in [0.2, 0.25) is 10.0 Å². The van der Waals surface area contributed by atoms with Crippen LogP contribution in [0.1, 0.15) is 25.7 Å². The summed E-state index contributed by atoms with van der Waals surface area (Å²) in [5.74, 6) is -0.909. The second kappa shape index (κ2) is 6.44. The van der Waals surface area contributed by atoms with Crippen LogP contribution >= 0.6 is 0 Å². The second-order valence-electron chi connectivity index (χ2n) is 5.07. The third-order valence-electron chi connectivity index (χ3n) is 3.77. The molecule has 1 aromatic rings. The van der Waals surface area contributed by atoms with Crippen molar-refractivity contribution in [1.29, 1.82) is 0 Å². The Labute approximate surface area is 124 Å². The van der Waals surface area contributed by atoms with Gasteiger partial charge in [0.15, 0.2) is 0 Å². The predicted octanol–water partition coefficient (Wildman–Crippen LogP) is 1.43. The molecule has 0 aromatic heterocycles. The quantitative estimate of drug-likeness (QED) is 0.878. The molecule has 0 radical (unpaired) electrons. The van der Waals surface area contributed by atoms with Gasteiger partial charge in [0.25, 0.3) is 0 Å². The summed E-state index contributed by atoms with van der Waals surface area (Å²) < 4.78 is 26.6. The summed E-state index contributed by atoms with van der Waals surface area (Å²) >= 11 is 0. The molecule has 1 saturated heterocycles. The van der Waals surface area contributed by atoms with Crippen molar-refractivity contribution < 1.29 is 18.3 Å². The zero-order valence-corrected chi connectivity index (χ0v) is 12.8. The van der Waals surface area contributed by atoms with Crippen LogP contribution in [0.25, 0.3) is 0 Å². The highest BCUT2D eigenvalue weighted by Gasteiger charge is 2.30. The summed E-state index contributed by atoms with van der Waals surface area (Å²) in [7, 11) is -2.27. The Morgan fingerprint density at radius 1 is 1.29 bits per heavy atom. The molecule has 1 aliphatic heterocycles. The number of para-hydroxylation sites is 1. The highest BCUT2D eigenvalue weighted by atomic mass is 32.2. The average molecular weight is 312 g/mol. The van der Waals surface area contributed by atoms with E-state index < -0.39 is 22.0 Å². The van der Waals surface area contributed by atoms with E-state index in [0.29, 0.717) is 18.7 Å². The number of aliphatic carboxylic acids is 1. The number of carboxylic acid groups (broad SMARTS) is 1. The monoisotopic (exact) mass is 312 g/mol. The van der Waals surface area contributed by atoms with Crippen LogP contribution in [0.5, 0.6) is 0 Å². The van der Waals surface area contributed by atoms with Crippen LogP contribution in [0.2, 0.25) is 0 Å². The number of anilines is 1. The molecule has 1 fully saturated rings. The molecule has 21 heavy (non-hydrogen) atoms. The number of carboxylic acids is 1. The van der Waals surface area contributed by atoms with E-state index in [1.807, 2.05) is 0 Å². The molecule has 1 atom stereocenters. The Bertz CT molecular complexity index is 615. The van der Waals surface area contributed by atoms with E-state index in [0.717, 1.165) is 19.3 Å². The Hall–Kier alpha value is -1.60. The Morgan fingerprint density at radius 2 is 2.00 bits per heavy atom. The molecular weight excluding hydrogens is 292 g/mol. The number of hydrogen-bond donors (Lipinski definition) is 2. The van der Waals surface area contributed by atoms with E-state index in [1.165, 1.54) is 13.1 Å². The topological polar surface area (TPSA) is 86.7 Å². The zero-order valence-electron chi connectivity index (χ0n) is 11.9. The number of nitrogens with zero attached hydrogens (tertiary/aromatic N) is 1. The van der Waals surface area contributed by atoms with Gasteiger partial charge in [-0.15, -0.1) is 0 Å². The number of hydrogen-bond acceptors (Lipinski definition) is 4. The van der Waals surface area contributed by atoms with Gasteiger partial charge in [0.05, 0.1) is 5.69 Å². The maximum atomic E-state index is 12.1. The van der Waals surface area contributed by atoms with E-state index in [2.05, 4.69) is 4.72 Å². The highest BCUT2D eigenvalue weighted by Crippen LogP contribution is 2.30. The molecule has 2 rings (SSSR count). The van der Waals surface area contributed by atoms with Gasteiger partial charge in [-0.05, 0) is 32.0 Å². The number of nitrogens with one attached hydrogen (secondary N) is 1. The number of carbonyl (C=O) groups is 1. The number of sulfonamides is 1. The molecule has 1 unspecified atom stereocenters. The van der Waals surface area contributed by atoms with Crippen LogP contribution in [-0.2, 0) is 14.8 Å². The van der Waals surface area contributed by atoms with Gasteiger partial charge in [0.1, 0.15) is 10.9 Å². The SMILES string of the molecule is CNS(=O)(=O)c1ccccc1N1CCCCCC1C(=O)O. The van der Waals surface area contributed by atoms with E-state index in [9.17, 15) is 18.3 Å². The molecule has 0 spiro atoms. The van der Waals surface area contributed by atoms with Crippen molar-refractivity contribution in [1.82, 2.24) is 4.72 Å². The standard InChI is InChI=1S/C14H20N2O4S/c1-15-21(19,20)13-9-5-4-7-11(13)16-10-6-2-3-8-12(16)14(17)18/h4-5,7,9,12,15H,2-3,6,8,10H2,1H3,(H,17,18). The van der Waals surface area contributed by atoms with E-state index in [1.54, 1.807) is 23.1 Å². The highest BCUT2D eigenvalue weighted by molar-refractivity contribution is 7.89. The Balaban J connectivity index is 2.50. The molecule has 0 saturated carbocycles. The maximum absolute atomic E-state index is 12.1. The number of benzene rings is 1. The Morgan fingerprint density at radius 3 is 2.67 bits per heavy atom. The van der Waals surface area contributed by atoms with Crippen LogP contribution in [0.4, 0.5) is 5.69 Å². The largest absolute Gasteiger partial charge is 0.480 e. The molecule has 2 N–H and O–H groups in total. The van der Waals surface area contributed by atoms with Crippen LogP contribution < -0.4 is 9.62 Å². The fourth-order valence-electron chi connectivity index (χ4n) is 2.69. The van der Waals surface area contributed by atoms with Crippen molar-refractivity contribution >= 4 is 21.7 Å². The van der Waals surface area contributed by atoms with Gasteiger partial charge < -0.3 is 10.0 Å². The maximum Gasteiger partial charge on any atom is 0.326 e. The molecule has 6 nitrogen and oxygen atoms in total. The molecule has 0 amide bonds. The lowest BCUT2D eigenvalue weighted by Crippen LogP contribution is -2.41. The summed E-state index contributed by atoms with van der Waals surface area (Å²) in [6.07, 6.45) is 3.19. The fraction of sp³-hybridized carbons (Fsp3) is 0.500. The number of rotatable bonds is 4. The molecule has 0 aliphatic carbocycles. The molecule has 1 aliphatic rings. The van der Waals surface area contributed by atoms with Crippen molar-refractivity contribution in [3.8, 4) is 0 Å². The first-order valence-corrected chi connectivity index (χ1v) is 8.47. The van der Waals surface area contributed by atoms with Crippen LogP contribution in [0.15, 0.2) is 29.2 Å². The third kappa shape index (κ3) is 3.36. The van der Waals surface area contributed by atoms with Gasteiger partial charge in [-0.2, -0.15) is 0 Å². The minimum atomic E-state index is -3.62. The summed E-state index contributed by atoms with van der Waals surface area (Å²) in [6.45, 7) is 0.549. The average Bonchev–Trinajstić information content (AvgIpc) is 2.73. The van der Waals surface area contributed by atoms with Gasteiger partial charge in [0, 0.05) is 6.54 Å².